The van der Waals surface area contributed by atoms with Crippen molar-refractivity contribution in [1.82, 2.24) is 10.1 Å². The van der Waals surface area contributed by atoms with E-state index in [-0.39, 0.29) is 18.1 Å². The second-order valence-electron chi connectivity index (χ2n) is 3.04. The van der Waals surface area contributed by atoms with Gasteiger partial charge in [-0.05, 0) is 12.1 Å². The Hall–Kier alpha value is -1.95. The first-order chi connectivity index (χ1) is 7.76. The molecular formula is C10H10FN3O2. The van der Waals surface area contributed by atoms with E-state index in [9.17, 15) is 4.39 Å². The van der Waals surface area contributed by atoms with Crippen molar-refractivity contribution in [3.05, 3.63) is 29.9 Å². The number of nitrogens with zero attached hydrogens (tertiary/aromatic N) is 2. The summed E-state index contributed by atoms with van der Waals surface area (Å²) in [6.45, 7) is 0.143. The summed E-state index contributed by atoms with van der Waals surface area (Å²) >= 11 is 0. The van der Waals surface area contributed by atoms with Crippen LogP contribution < -0.4 is 10.5 Å². The van der Waals surface area contributed by atoms with Gasteiger partial charge in [-0.15, -0.1) is 0 Å². The van der Waals surface area contributed by atoms with E-state index in [4.69, 9.17) is 15.0 Å². The van der Waals surface area contributed by atoms with Gasteiger partial charge in [0.1, 0.15) is 0 Å². The number of ether oxygens (including phenoxy) is 1. The molecule has 0 aliphatic rings. The van der Waals surface area contributed by atoms with Crippen LogP contribution in [-0.4, -0.2) is 17.3 Å². The lowest BCUT2D eigenvalue weighted by Crippen LogP contribution is -1.96. The van der Waals surface area contributed by atoms with Crippen LogP contribution in [0, 0.1) is 5.82 Å². The van der Waals surface area contributed by atoms with Crippen LogP contribution in [0.1, 0.15) is 5.89 Å². The number of halogens is 1. The Morgan fingerprint density at radius 2 is 2.31 bits per heavy atom. The molecule has 5 nitrogen and oxygen atoms in total. The number of benzene rings is 1. The normalized spacial score (nSPS) is 10.4. The second-order valence-corrected chi connectivity index (χ2v) is 3.04. The van der Waals surface area contributed by atoms with E-state index in [0.29, 0.717) is 11.5 Å². The molecule has 6 heteroatoms. The molecule has 84 valence electrons. The van der Waals surface area contributed by atoms with E-state index < -0.39 is 5.82 Å². The van der Waals surface area contributed by atoms with Crippen LogP contribution in [0.15, 0.2) is 22.7 Å². The number of hydrogen-bond donors (Lipinski definition) is 1. The van der Waals surface area contributed by atoms with Crippen LogP contribution in [0.25, 0.3) is 11.4 Å². The molecule has 1 aromatic carbocycles. The van der Waals surface area contributed by atoms with Crippen LogP contribution in [0.5, 0.6) is 5.75 Å². The van der Waals surface area contributed by atoms with Gasteiger partial charge in [0, 0.05) is 0 Å². The molecule has 0 atom stereocenters. The molecule has 0 aliphatic heterocycles. The molecule has 0 saturated heterocycles. The van der Waals surface area contributed by atoms with Crippen LogP contribution in [-0.2, 0) is 6.54 Å². The molecule has 0 bridgehead atoms. The molecule has 2 rings (SSSR count). The second kappa shape index (κ2) is 4.28. The molecule has 1 aromatic heterocycles. The van der Waals surface area contributed by atoms with E-state index in [2.05, 4.69) is 10.1 Å². The number of methoxy groups -OCH3 is 1. The number of rotatable bonds is 3. The molecule has 0 radical (unpaired) electrons. The highest BCUT2D eigenvalue weighted by Crippen LogP contribution is 2.29. The average Bonchev–Trinajstić information content (AvgIpc) is 2.77. The zero-order chi connectivity index (χ0) is 11.5. The van der Waals surface area contributed by atoms with Crippen molar-refractivity contribution < 1.29 is 13.7 Å². The first kappa shape index (κ1) is 10.6. The lowest BCUT2D eigenvalue weighted by Gasteiger charge is -2.05. The third-order valence-electron chi connectivity index (χ3n) is 2.05. The third-order valence-corrected chi connectivity index (χ3v) is 2.05. The maximum Gasteiger partial charge on any atom is 0.240 e. The summed E-state index contributed by atoms with van der Waals surface area (Å²) in [4.78, 5) is 4.00. The van der Waals surface area contributed by atoms with Gasteiger partial charge >= 0.3 is 0 Å². The first-order valence-electron chi connectivity index (χ1n) is 4.61. The Kier molecular flexibility index (Phi) is 2.82. The Morgan fingerprint density at radius 3 is 2.94 bits per heavy atom. The molecule has 1 heterocycles. The van der Waals surface area contributed by atoms with Crippen molar-refractivity contribution >= 4 is 0 Å². The van der Waals surface area contributed by atoms with E-state index in [1.807, 2.05) is 0 Å². The maximum absolute atomic E-state index is 13.4. The fourth-order valence-corrected chi connectivity index (χ4v) is 1.34. The van der Waals surface area contributed by atoms with Crippen molar-refractivity contribution in [2.45, 2.75) is 6.54 Å². The van der Waals surface area contributed by atoms with Crippen LogP contribution in [0.4, 0.5) is 4.39 Å². The van der Waals surface area contributed by atoms with Gasteiger partial charge in [0.15, 0.2) is 11.6 Å². The highest BCUT2D eigenvalue weighted by Gasteiger charge is 2.15. The molecule has 0 spiro atoms. The lowest BCUT2D eigenvalue weighted by atomic mass is 10.2. The van der Waals surface area contributed by atoms with Crippen molar-refractivity contribution in [2.75, 3.05) is 7.11 Å². The number of hydrogen-bond acceptors (Lipinski definition) is 5. The fraction of sp³-hybridized carbons (Fsp3) is 0.200. The van der Waals surface area contributed by atoms with Gasteiger partial charge in [-0.25, -0.2) is 4.39 Å². The summed E-state index contributed by atoms with van der Waals surface area (Å²) in [7, 11) is 1.38. The van der Waals surface area contributed by atoms with Gasteiger partial charge in [-0.1, -0.05) is 11.2 Å². The minimum atomic E-state index is -0.473. The SMILES string of the molecule is COc1c(F)cccc1-c1noc(CN)n1. The smallest absolute Gasteiger partial charge is 0.240 e. The average molecular weight is 223 g/mol. The zero-order valence-electron chi connectivity index (χ0n) is 8.61. The summed E-state index contributed by atoms with van der Waals surface area (Å²) in [6, 6.07) is 4.49. The van der Waals surface area contributed by atoms with Crippen molar-refractivity contribution in [3.8, 4) is 17.1 Å². The monoisotopic (exact) mass is 223 g/mol. The molecule has 2 aromatic rings. The van der Waals surface area contributed by atoms with E-state index in [1.54, 1.807) is 12.1 Å². The van der Waals surface area contributed by atoms with Crippen LogP contribution in [0.2, 0.25) is 0 Å². The molecule has 0 fully saturated rings. The summed E-state index contributed by atoms with van der Waals surface area (Å²) < 4.78 is 23.2. The van der Waals surface area contributed by atoms with Crippen molar-refractivity contribution in [3.63, 3.8) is 0 Å². The molecule has 16 heavy (non-hydrogen) atoms. The van der Waals surface area contributed by atoms with Crippen molar-refractivity contribution in [2.24, 2.45) is 5.73 Å². The Morgan fingerprint density at radius 1 is 1.50 bits per heavy atom. The summed E-state index contributed by atoms with van der Waals surface area (Å²) in [5.41, 5.74) is 5.78. The van der Waals surface area contributed by atoms with E-state index in [1.165, 1.54) is 13.2 Å². The van der Waals surface area contributed by atoms with Gasteiger partial charge < -0.3 is 15.0 Å². The van der Waals surface area contributed by atoms with E-state index in [0.717, 1.165) is 0 Å². The fourth-order valence-electron chi connectivity index (χ4n) is 1.34. The van der Waals surface area contributed by atoms with E-state index >= 15 is 0 Å². The lowest BCUT2D eigenvalue weighted by molar-refractivity contribution is 0.377. The minimum absolute atomic E-state index is 0.0897. The van der Waals surface area contributed by atoms with Gasteiger partial charge in [-0.3, -0.25) is 0 Å². The van der Waals surface area contributed by atoms with Crippen LogP contribution >= 0.6 is 0 Å². The summed E-state index contributed by atoms with van der Waals surface area (Å²) in [5.74, 6) is 0.170. The summed E-state index contributed by atoms with van der Waals surface area (Å²) in [5, 5.41) is 3.69. The largest absolute Gasteiger partial charge is 0.493 e. The van der Waals surface area contributed by atoms with Gasteiger partial charge in [0.25, 0.3) is 0 Å². The Bertz CT molecular complexity index is 499. The minimum Gasteiger partial charge on any atom is -0.493 e. The molecule has 0 unspecified atom stereocenters. The van der Waals surface area contributed by atoms with Gasteiger partial charge in [-0.2, -0.15) is 4.98 Å². The molecular weight excluding hydrogens is 213 g/mol. The number of aromatic nitrogens is 2. The quantitative estimate of drug-likeness (QED) is 0.849. The number of para-hydroxylation sites is 1. The topological polar surface area (TPSA) is 74.2 Å². The standard InChI is InChI=1S/C10H10FN3O2/c1-15-9-6(3-2-4-7(9)11)10-13-8(5-12)16-14-10/h2-4H,5,12H2,1H3. The highest BCUT2D eigenvalue weighted by molar-refractivity contribution is 5.63. The predicted molar refractivity (Wildman–Crippen MR) is 54.1 cm³/mol. The third kappa shape index (κ3) is 1.74. The molecule has 0 aliphatic carbocycles. The maximum atomic E-state index is 13.4. The highest BCUT2D eigenvalue weighted by atomic mass is 19.1. The Balaban J connectivity index is 2.50. The van der Waals surface area contributed by atoms with Gasteiger partial charge in [0.05, 0.1) is 19.2 Å². The first-order valence-corrected chi connectivity index (χ1v) is 4.61. The predicted octanol–water partition coefficient (Wildman–Crippen LogP) is 1.34. The molecule has 2 N–H and O–H groups in total. The van der Waals surface area contributed by atoms with Crippen LogP contribution in [0.3, 0.4) is 0 Å². The number of nitrogens with two attached hydrogens (primary N) is 1. The van der Waals surface area contributed by atoms with Crippen molar-refractivity contribution in [1.29, 1.82) is 0 Å². The van der Waals surface area contributed by atoms with Gasteiger partial charge in [0.2, 0.25) is 11.7 Å². The zero-order valence-corrected chi connectivity index (χ0v) is 8.61. The molecule has 0 saturated carbocycles. The Labute approximate surface area is 91.0 Å². The summed E-state index contributed by atoms with van der Waals surface area (Å²) in [6.07, 6.45) is 0. The molecule has 0 amide bonds.